The summed E-state index contributed by atoms with van der Waals surface area (Å²) in [4.78, 5) is 23.8. The zero-order valence-corrected chi connectivity index (χ0v) is 10.1. The summed E-state index contributed by atoms with van der Waals surface area (Å²) in [6.07, 6.45) is 4.84. The van der Waals surface area contributed by atoms with Crippen LogP contribution in [0.3, 0.4) is 0 Å². The van der Waals surface area contributed by atoms with Gasteiger partial charge in [0.15, 0.2) is 0 Å². The van der Waals surface area contributed by atoms with Crippen LogP contribution in [0.15, 0.2) is 17.1 Å². The number of pyridine rings is 1. The smallest absolute Gasteiger partial charge is 0.250 e. The Morgan fingerprint density at radius 1 is 1.44 bits per heavy atom. The van der Waals surface area contributed by atoms with Crippen molar-refractivity contribution in [3.05, 3.63) is 28.2 Å². The van der Waals surface area contributed by atoms with Gasteiger partial charge in [-0.05, 0) is 18.4 Å². The fourth-order valence-corrected chi connectivity index (χ4v) is 1.63. The van der Waals surface area contributed by atoms with Crippen molar-refractivity contribution in [1.82, 2.24) is 4.57 Å². The summed E-state index contributed by atoms with van der Waals surface area (Å²) in [5.41, 5.74) is 2.04. The highest BCUT2D eigenvalue weighted by Gasteiger charge is 2.06. The van der Waals surface area contributed by atoms with E-state index >= 15 is 0 Å². The molecule has 0 atom stereocenters. The Morgan fingerprint density at radius 2 is 2.12 bits per heavy atom. The average Bonchev–Trinajstić information content (AvgIpc) is 2.23. The number of hydrogen-bond acceptors (Lipinski definition) is 3. The van der Waals surface area contributed by atoms with E-state index in [1.165, 1.54) is 0 Å². The van der Waals surface area contributed by atoms with Crippen LogP contribution in [0.4, 0.5) is 5.69 Å². The first-order chi connectivity index (χ1) is 7.56. The van der Waals surface area contributed by atoms with Crippen LogP contribution in [0.2, 0.25) is 0 Å². The maximum Gasteiger partial charge on any atom is 0.250 e. The minimum Gasteiger partial charge on any atom is -0.376 e. The first kappa shape index (κ1) is 12.5. The largest absolute Gasteiger partial charge is 0.376 e. The van der Waals surface area contributed by atoms with Crippen LogP contribution < -0.4 is 10.5 Å². The van der Waals surface area contributed by atoms with Gasteiger partial charge in [0, 0.05) is 39.8 Å². The number of hydrogen-bond donors (Lipinski definition) is 0. The van der Waals surface area contributed by atoms with E-state index in [1.807, 2.05) is 25.2 Å². The normalized spacial score (nSPS) is 10.2. The lowest BCUT2D eigenvalue weighted by Gasteiger charge is -2.18. The standard InChI is InChI=1S/C12H18N2O2/c1-13(2)11-9-14(3)12(16)8-10(11)6-4-5-7-15/h7-9H,4-6H2,1-3H3. The van der Waals surface area contributed by atoms with E-state index in [4.69, 9.17) is 0 Å². The topological polar surface area (TPSA) is 42.3 Å². The molecule has 4 nitrogen and oxygen atoms in total. The summed E-state index contributed by atoms with van der Waals surface area (Å²) in [5, 5.41) is 0. The fraction of sp³-hybridized carbons (Fsp3) is 0.500. The number of carbonyl (C=O) groups excluding carboxylic acids is 1. The van der Waals surface area contributed by atoms with Gasteiger partial charge >= 0.3 is 0 Å². The average molecular weight is 222 g/mol. The summed E-state index contributed by atoms with van der Waals surface area (Å²) in [7, 11) is 5.64. The summed E-state index contributed by atoms with van der Waals surface area (Å²) < 4.78 is 1.57. The fourth-order valence-electron chi connectivity index (χ4n) is 1.63. The van der Waals surface area contributed by atoms with Gasteiger partial charge in [-0.3, -0.25) is 4.79 Å². The number of anilines is 1. The molecule has 1 heterocycles. The molecule has 16 heavy (non-hydrogen) atoms. The molecular weight excluding hydrogens is 204 g/mol. The Labute approximate surface area is 95.5 Å². The Morgan fingerprint density at radius 3 is 2.69 bits per heavy atom. The third-order valence-corrected chi connectivity index (χ3v) is 2.54. The zero-order valence-electron chi connectivity index (χ0n) is 10.1. The number of carbonyl (C=O) groups is 1. The van der Waals surface area contributed by atoms with E-state index in [0.717, 1.165) is 30.4 Å². The van der Waals surface area contributed by atoms with Gasteiger partial charge in [0.1, 0.15) is 6.29 Å². The summed E-state index contributed by atoms with van der Waals surface area (Å²) in [6, 6.07) is 1.65. The van der Waals surface area contributed by atoms with Crippen molar-refractivity contribution < 1.29 is 4.79 Å². The maximum absolute atomic E-state index is 11.5. The second-order valence-corrected chi connectivity index (χ2v) is 4.09. The van der Waals surface area contributed by atoms with Crippen LogP contribution in [0, 0.1) is 0 Å². The van der Waals surface area contributed by atoms with Gasteiger partial charge in [0.05, 0.1) is 5.69 Å². The summed E-state index contributed by atoms with van der Waals surface area (Å²) in [6.45, 7) is 0. The molecule has 0 aliphatic carbocycles. The molecule has 88 valence electrons. The molecule has 1 aromatic rings. The second-order valence-electron chi connectivity index (χ2n) is 4.09. The molecule has 0 saturated heterocycles. The molecule has 0 radical (unpaired) electrons. The molecule has 0 fully saturated rings. The number of aldehydes is 1. The SMILES string of the molecule is CN(C)c1cn(C)c(=O)cc1CCCC=O. The van der Waals surface area contributed by atoms with Crippen molar-refractivity contribution in [3.63, 3.8) is 0 Å². The Hall–Kier alpha value is -1.58. The van der Waals surface area contributed by atoms with Crippen molar-refractivity contribution in [2.75, 3.05) is 19.0 Å². The molecule has 0 unspecified atom stereocenters. The molecule has 0 N–H and O–H groups in total. The number of unbranched alkanes of at least 4 members (excludes halogenated alkanes) is 1. The molecule has 1 rings (SSSR count). The molecular formula is C12H18N2O2. The van der Waals surface area contributed by atoms with Gasteiger partial charge in [-0.1, -0.05) is 0 Å². The van der Waals surface area contributed by atoms with Crippen molar-refractivity contribution in [2.24, 2.45) is 7.05 Å². The van der Waals surface area contributed by atoms with E-state index in [9.17, 15) is 9.59 Å². The van der Waals surface area contributed by atoms with Gasteiger partial charge in [0.2, 0.25) is 0 Å². The number of rotatable bonds is 5. The number of nitrogens with zero attached hydrogens (tertiary/aromatic N) is 2. The first-order valence-electron chi connectivity index (χ1n) is 5.36. The van der Waals surface area contributed by atoms with Gasteiger partial charge in [-0.25, -0.2) is 0 Å². The first-order valence-corrected chi connectivity index (χ1v) is 5.36. The van der Waals surface area contributed by atoms with Crippen LogP contribution in [0.5, 0.6) is 0 Å². The van der Waals surface area contributed by atoms with Gasteiger partial charge < -0.3 is 14.3 Å². The van der Waals surface area contributed by atoms with Crippen molar-refractivity contribution in [2.45, 2.75) is 19.3 Å². The highest BCUT2D eigenvalue weighted by atomic mass is 16.1. The lowest BCUT2D eigenvalue weighted by Crippen LogP contribution is -2.21. The maximum atomic E-state index is 11.5. The van der Waals surface area contributed by atoms with E-state index < -0.39 is 0 Å². The second kappa shape index (κ2) is 5.49. The van der Waals surface area contributed by atoms with Crippen LogP contribution in [-0.4, -0.2) is 24.9 Å². The van der Waals surface area contributed by atoms with Gasteiger partial charge in [-0.2, -0.15) is 0 Å². The van der Waals surface area contributed by atoms with Crippen LogP contribution in [0.25, 0.3) is 0 Å². The Kier molecular flexibility index (Phi) is 4.28. The Bertz CT molecular complexity index is 422. The van der Waals surface area contributed by atoms with Crippen LogP contribution in [0.1, 0.15) is 18.4 Å². The minimum absolute atomic E-state index is 0.00768. The minimum atomic E-state index is -0.00768. The van der Waals surface area contributed by atoms with Crippen LogP contribution >= 0.6 is 0 Å². The molecule has 0 aliphatic heterocycles. The van der Waals surface area contributed by atoms with Crippen molar-refractivity contribution in [1.29, 1.82) is 0 Å². The lowest BCUT2D eigenvalue weighted by atomic mass is 10.1. The zero-order chi connectivity index (χ0) is 12.1. The molecule has 0 saturated carbocycles. The highest BCUT2D eigenvalue weighted by molar-refractivity contribution is 5.52. The van der Waals surface area contributed by atoms with Gasteiger partial charge in [0.25, 0.3) is 5.56 Å². The number of aryl methyl sites for hydroxylation is 2. The van der Waals surface area contributed by atoms with E-state index in [1.54, 1.807) is 17.7 Å². The molecule has 1 aromatic heterocycles. The monoisotopic (exact) mass is 222 g/mol. The molecule has 4 heteroatoms. The van der Waals surface area contributed by atoms with E-state index in [-0.39, 0.29) is 5.56 Å². The third kappa shape index (κ3) is 2.95. The predicted molar refractivity (Wildman–Crippen MR) is 65.0 cm³/mol. The molecule has 0 aliphatic rings. The quantitative estimate of drug-likeness (QED) is 0.551. The lowest BCUT2D eigenvalue weighted by molar-refractivity contribution is -0.107. The highest BCUT2D eigenvalue weighted by Crippen LogP contribution is 2.17. The Balaban J connectivity index is 3.00. The predicted octanol–water partition coefficient (Wildman–Crippen LogP) is 0.973. The summed E-state index contributed by atoms with van der Waals surface area (Å²) >= 11 is 0. The van der Waals surface area contributed by atoms with Crippen molar-refractivity contribution >= 4 is 12.0 Å². The van der Waals surface area contributed by atoms with E-state index in [0.29, 0.717) is 6.42 Å². The van der Waals surface area contributed by atoms with Gasteiger partial charge in [-0.15, -0.1) is 0 Å². The van der Waals surface area contributed by atoms with E-state index in [2.05, 4.69) is 0 Å². The number of aromatic nitrogens is 1. The van der Waals surface area contributed by atoms with Crippen molar-refractivity contribution in [3.8, 4) is 0 Å². The molecule has 0 bridgehead atoms. The summed E-state index contributed by atoms with van der Waals surface area (Å²) in [5.74, 6) is 0. The van der Waals surface area contributed by atoms with Crippen LogP contribution in [-0.2, 0) is 18.3 Å². The third-order valence-electron chi connectivity index (χ3n) is 2.54. The molecule has 0 aromatic carbocycles. The molecule has 0 amide bonds. The molecule has 0 spiro atoms.